The van der Waals surface area contributed by atoms with Crippen LogP contribution in [-0.2, 0) is 11.3 Å². The molecule has 1 saturated heterocycles. The summed E-state index contributed by atoms with van der Waals surface area (Å²) < 4.78 is 14.0. The van der Waals surface area contributed by atoms with E-state index in [1.54, 1.807) is 52.6 Å². The topological polar surface area (TPSA) is 52.7 Å². The Hall–Kier alpha value is -2.74. The number of hydrogen-bond acceptors (Lipinski definition) is 4. The van der Waals surface area contributed by atoms with Crippen LogP contribution in [0.1, 0.15) is 15.2 Å². The highest BCUT2D eigenvalue weighted by atomic mass is 35.5. The summed E-state index contributed by atoms with van der Waals surface area (Å²) >= 11 is 7.62. The second-order valence-electron chi connectivity index (χ2n) is 7.57. The van der Waals surface area contributed by atoms with Gasteiger partial charge in [-0.25, -0.2) is 4.39 Å². The monoisotopic (exact) mass is 471 g/mol. The van der Waals surface area contributed by atoms with Crippen molar-refractivity contribution in [1.29, 1.82) is 0 Å². The molecule has 1 N–H and O–H groups in total. The molecule has 0 unspecified atom stereocenters. The van der Waals surface area contributed by atoms with Crippen LogP contribution in [-0.4, -0.2) is 54.3 Å². The zero-order chi connectivity index (χ0) is 22.5. The van der Waals surface area contributed by atoms with Crippen molar-refractivity contribution in [2.24, 2.45) is 0 Å². The van der Waals surface area contributed by atoms with Gasteiger partial charge >= 0.3 is 0 Å². The number of nitrogens with zero attached hydrogens (tertiary/aromatic N) is 2. The van der Waals surface area contributed by atoms with E-state index in [2.05, 4.69) is 10.2 Å². The van der Waals surface area contributed by atoms with Crippen LogP contribution in [0, 0.1) is 5.82 Å². The van der Waals surface area contributed by atoms with E-state index in [1.807, 2.05) is 18.2 Å². The molecule has 4 rings (SSSR count). The molecule has 1 aliphatic heterocycles. The summed E-state index contributed by atoms with van der Waals surface area (Å²) in [7, 11) is 0. The average Bonchev–Trinajstić information content (AvgIpc) is 3.26. The van der Waals surface area contributed by atoms with E-state index in [4.69, 9.17) is 11.6 Å². The van der Waals surface area contributed by atoms with Crippen LogP contribution in [0.5, 0.6) is 0 Å². The van der Waals surface area contributed by atoms with Gasteiger partial charge in [-0.05, 0) is 30.3 Å². The van der Waals surface area contributed by atoms with Gasteiger partial charge in [-0.2, -0.15) is 0 Å². The standard InChI is InChI=1S/C24H23ClFN3O2S/c25-20-7-3-1-5-18(20)24(31)27-15-23(30)29-13-11-28(12-14-29)16-17-9-10-22(32-17)19-6-2-4-8-21(19)26/h1-10H,11-16H2,(H,27,31). The summed E-state index contributed by atoms with van der Waals surface area (Å²) in [6.07, 6.45) is 0. The Kier molecular flexibility index (Phi) is 7.19. The first-order valence-corrected chi connectivity index (χ1v) is 11.6. The van der Waals surface area contributed by atoms with Crippen molar-refractivity contribution in [1.82, 2.24) is 15.1 Å². The van der Waals surface area contributed by atoms with E-state index in [0.29, 0.717) is 29.2 Å². The van der Waals surface area contributed by atoms with Gasteiger partial charge in [-0.1, -0.05) is 41.9 Å². The third-order valence-corrected chi connectivity index (χ3v) is 6.86. The second-order valence-corrected chi connectivity index (χ2v) is 9.14. The van der Waals surface area contributed by atoms with Crippen molar-refractivity contribution in [2.75, 3.05) is 32.7 Å². The van der Waals surface area contributed by atoms with E-state index >= 15 is 0 Å². The number of piperazine rings is 1. The van der Waals surface area contributed by atoms with Crippen molar-refractivity contribution in [2.45, 2.75) is 6.54 Å². The molecule has 166 valence electrons. The van der Waals surface area contributed by atoms with E-state index in [-0.39, 0.29) is 24.2 Å². The molecule has 1 aromatic heterocycles. The van der Waals surface area contributed by atoms with Crippen molar-refractivity contribution in [3.63, 3.8) is 0 Å². The summed E-state index contributed by atoms with van der Waals surface area (Å²) in [5, 5.41) is 3.01. The SMILES string of the molecule is O=C(NCC(=O)N1CCN(Cc2ccc(-c3ccccc3F)s2)CC1)c1ccccc1Cl. The first kappa shape index (κ1) is 22.5. The van der Waals surface area contributed by atoms with Crippen LogP contribution in [0.2, 0.25) is 5.02 Å². The van der Waals surface area contributed by atoms with E-state index in [9.17, 15) is 14.0 Å². The predicted molar refractivity (Wildman–Crippen MR) is 125 cm³/mol. The molecule has 0 atom stereocenters. The van der Waals surface area contributed by atoms with Gasteiger partial charge in [0.1, 0.15) is 5.82 Å². The number of amides is 2. The van der Waals surface area contributed by atoms with Crippen molar-refractivity contribution in [3.8, 4) is 10.4 Å². The van der Waals surface area contributed by atoms with Gasteiger partial charge in [0.2, 0.25) is 5.91 Å². The Morgan fingerprint density at radius 3 is 2.44 bits per heavy atom. The lowest BCUT2D eigenvalue weighted by Gasteiger charge is -2.34. The number of hydrogen-bond donors (Lipinski definition) is 1. The molecule has 0 saturated carbocycles. The molecular formula is C24H23ClFN3O2S. The molecule has 0 aliphatic carbocycles. The third-order valence-electron chi connectivity index (χ3n) is 5.42. The summed E-state index contributed by atoms with van der Waals surface area (Å²) in [4.78, 5) is 30.9. The maximum Gasteiger partial charge on any atom is 0.253 e. The van der Waals surface area contributed by atoms with Gasteiger partial charge in [-0.15, -0.1) is 11.3 Å². The molecule has 0 bridgehead atoms. The fourth-order valence-corrected chi connectivity index (χ4v) is 4.95. The molecule has 2 heterocycles. The Morgan fingerprint density at radius 1 is 0.969 bits per heavy atom. The largest absolute Gasteiger partial charge is 0.343 e. The van der Waals surface area contributed by atoms with Gasteiger partial charge in [0.05, 0.1) is 17.1 Å². The smallest absolute Gasteiger partial charge is 0.253 e. The fourth-order valence-electron chi connectivity index (χ4n) is 3.65. The number of benzene rings is 2. The minimum atomic E-state index is -0.356. The first-order valence-electron chi connectivity index (χ1n) is 10.4. The lowest BCUT2D eigenvalue weighted by Crippen LogP contribution is -2.50. The summed E-state index contributed by atoms with van der Waals surface area (Å²) in [5.74, 6) is -0.677. The molecule has 2 amide bonds. The van der Waals surface area contributed by atoms with Crippen LogP contribution in [0.25, 0.3) is 10.4 Å². The lowest BCUT2D eigenvalue weighted by molar-refractivity contribution is -0.131. The van der Waals surface area contributed by atoms with Crippen molar-refractivity contribution < 1.29 is 14.0 Å². The molecule has 1 fully saturated rings. The minimum Gasteiger partial charge on any atom is -0.343 e. The van der Waals surface area contributed by atoms with Gasteiger partial charge in [0, 0.05) is 48.0 Å². The van der Waals surface area contributed by atoms with E-state index < -0.39 is 0 Å². The van der Waals surface area contributed by atoms with Crippen LogP contribution in [0.3, 0.4) is 0 Å². The Morgan fingerprint density at radius 2 is 1.69 bits per heavy atom. The number of thiophene rings is 1. The number of carbonyl (C=O) groups excluding carboxylic acids is 2. The summed E-state index contributed by atoms with van der Waals surface area (Å²) in [6.45, 7) is 3.42. The summed E-state index contributed by atoms with van der Waals surface area (Å²) in [5.41, 5.74) is 0.982. The van der Waals surface area contributed by atoms with Gasteiger partial charge in [-0.3, -0.25) is 14.5 Å². The highest BCUT2D eigenvalue weighted by Crippen LogP contribution is 2.30. The fraction of sp³-hybridized carbons (Fsp3) is 0.250. The van der Waals surface area contributed by atoms with Crippen LogP contribution >= 0.6 is 22.9 Å². The first-order chi connectivity index (χ1) is 15.5. The highest BCUT2D eigenvalue weighted by Gasteiger charge is 2.22. The van der Waals surface area contributed by atoms with Crippen LogP contribution in [0.15, 0.2) is 60.7 Å². The van der Waals surface area contributed by atoms with Gasteiger partial charge in [0.25, 0.3) is 5.91 Å². The molecule has 3 aromatic rings. The Bertz CT molecular complexity index is 1110. The maximum absolute atomic E-state index is 14.0. The number of nitrogens with one attached hydrogen (secondary N) is 1. The third kappa shape index (κ3) is 5.35. The molecule has 0 spiro atoms. The second kappa shape index (κ2) is 10.3. The van der Waals surface area contributed by atoms with Crippen LogP contribution < -0.4 is 5.32 Å². The molecular weight excluding hydrogens is 449 g/mol. The Balaban J connectivity index is 1.25. The zero-order valence-electron chi connectivity index (χ0n) is 17.4. The van der Waals surface area contributed by atoms with E-state index in [1.165, 1.54) is 6.07 Å². The normalized spacial score (nSPS) is 14.4. The van der Waals surface area contributed by atoms with Crippen LogP contribution in [0.4, 0.5) is 4.39 Å². The van der Waals surface area contributed by atoms with Gasteiger partial charge < -0.3 is 10.2 Å². The maximum atomic E-state index is 14.0. The highest BCUT2D eigenvalue weighted by molar-refractivity contribution is 7.15. The predicted octanol–water partition coefficient (Wildman–Crippen LogP) is 4.28. The van der Waals surface area contributed by atoms with Crippen molar-refractivity contribution in [3.05, 3.63) is 81.9 Å². The molecule has 8 heteroatoms. The number of halogens is 2. The molecule has 5 nitrogen and oxygen atoms in total. The lowest BCUT2D eigenvalue weighted by atomic mass is 10.2. The molecule has 2 aromatic carbocycles. The molecule has 0 radical (unpaired) electrons. The van der Waals surface area contributed by atoms with E-state index in [0.717, 1.165) is 29.4 Å². The molecule has 32 heavy (non-hydrogen) atoms. The van der Waals surface area contributed by atoms with Crippen molar-refractivity contribution >= 4 is 34.8 Å². The summed E-state index contributed by atoms with van der Waals surface area (Å²) in [6, 6.07) is 17.5. The zero-order valence-corrected chi connectivity index (χ0v) is 19.0. The Labute approximate surface area is 195 Å². The quantitative estimate of drug-likeness (QED) is 0.583. The van der Waals surface area contributed by atoms with Gasteiger partial charge in [0.15, 0.2) is 0 Å². The average molecular weight is 472 g/mol. The number of carbonyl (C=O) groups is 2. The minimum absolute atomic E-state index is 0.0546. The molecule has 1 aliphatic rings. The number of rotatable bonds is 6.